The second-order valence-electron chi connectivity index (χ2n) is 6.11. The summed E-state index contributed by atoms with van der Waals surface area (Å²) in [7, 11) is 7.85. The van der Waals surface area contributed by atoms with Crippen LogP contribution < -0.4 is 26.1 Å². The zero-order valence-electron chi connectivity index (χ0n) is 16.3. The van der Waals surface area contributed by atoms with Crippen LogP contribution in [-0.2, 0) is 40.0 Å². The largest absolute Gasteiger partial charge is 0.259 e. The van der Waals surface area contributed by atoms with Crippen LogP contribution in [0.2, 0.25) is 0 Å². The number of hydrogen-bond acceptors (Lipinski definition) is 1. The van der Waals surface area contributed by atoms with E-state index in [9.17, 15) is 0 Å². The summed E-state index contributed by atoms with van der Waals surface area (Å²) in [5.74, 6) is 0. The molecule has 0 atom stereocenters. The normalized spacial score (nSPS) is 10.1. The Labute approximate surface area is 220 Å². The average molecular weight is 850 g/mol. The van der Waals surface area contributed by atoms with Gasteiger partial charge in [-0.1, -0.05) is 121 Å². The number of hydrogen-bond donors (Lipinski definition) is 1. The molecule has 0 aliphatic heterocycles. The molecule has 4 aromatic rings. The van der Waals surface area contributed by atoms with Crippen molar-refractivity contribution >= 4 is 55.7 Å². The minimum Gasteiger partial charge on any atom is -0.259 e. The fourth-order valence-corrected chi connectivity index (χ4v) is 8.06. The first-order valence-corrected chi connectivity index (χ1v) is 17.3. The summed E-state index contributed by atoms with van der Waals surface area (Å²) in [6.45, 7) is 0. The fraction of sp³-hybridized carbons (Fsp3) is 0. The Morgan fingerprint density at radius 2 is 0.581 bits per heavy atom. The Balaban J connectivity index is 0.000000807. The Hall–Kier alpha value is -0.239. The van der Waals surface area contributed by atoms with Gasteiger partial charge in [-0.15, -0.1) is 0 Å². The van der Waals surface area contributed by atoms with E-state index in [0.717, 1.165) is 0 Å². The summed E-state index contributed by atoms with van der Waals surface area (Å²) in [5, 5.41) is 5.38. The van der Waals surface area contributed by atoms with Crippen molar-refractivity contribution in [2.45, 2.75) is 0 Å². The molecule has 0 amide bonds. The van der Waals surface area contributed by atoms with Crippen molar-refractivity contribution in [3.63, 3.8) is 0 Å². The molecule has 31 heavy (non-hydrogen) atoms. The van der Waals surface area contributed by atoms with Gasteiger partial charge in [-0.2, -0.15) is 0 Å². The van der Waals surface area contributed by atoms with Crippen molar-refractivity contribution in [2.75, 3.05) is 0 Å². The number of rotatable bonds is 6. The molecule has 0 radical (unpaired) electrons. The Bertz CT molecular complexity index is 806. The molecule has 168 valence electrons. The molecule has 0 bridgehead atoms. The Morgan fingerprint density at radius 1 is 0.387 bits per heavy atom. The van der Waals surface area contributed by atoms with Crippen LogP contribution in [0.5, 0.6) is 0 Å². The van der Waals surface area contributed by atoms with Gasteiger partial charge in [0.1, 0.15) is 0 Å². The van der Waals surface area contributed by atoms with Crippen LogP contribution in [0.4, 0.5) is 0 Å². The number of benzene rings is 4. The zero-order valence-corrected chi connectivity index (χ0v) is 23.9. The van der Waals surface area contributed by atoms with Crippen molar-refractivity contribution in [2.24, 2.45) is 0 Å². The molecule has 4 rings (SSSR count). The summed E-state index contributed by atoms with van der Waals surface area (Å²) in [4.78, 5) is 4.05. The summed E-state index contributed by atoms with van der Waals surface area (Å²) < 4.78 is 0. The van der Waals surface area contributed by atoms with Gasteiger partial charge in [0, 0.05) is 16.1 Å². The minimum absolute atomic E-state index is 0.659. The quantitative estimate of drug-likeness (QED) is 0.185. The van der Waals surface area contributed by atoms with E-state index in [4.69, 9.17) is 0 Å². The standard InChI is InChI=1S/C24H21NP2.2Au.2ClH/c1-5-13-21(14-6-1)26(22-15-7-2-8-16-22)25-27(23-17-9-3-10-18-23)24-19-11-4-12-20-24;;;;/h1-20,25H;;;2*1H/q;2*+1;;/p-2. The molecule has 0 unspecified atom stereocenters. The SMILES string of the molecule is [Cl][Au].[Cl][Au].c1ccc(P(NP(c2ccccc2)c2ccccc2)c2ccccc2)cc1. The minimum atomic E-state index is -0.659. The molecule has 0 heterocycles. The molecular formula is C24H21Au2Cl2NP2. The van der Waals surface area contributed by atoms with Gasteiger partial charge in [0.05, 0.1) is 0 Å². The fourth-order valence-electron chi connectivity index (χ4n) is 2.94. The van der Waals surface area contributed by atoms with Crippen LogP contribution in [-0.4, -0.2) is 0 Å². The Kier molecular flexibility index (Phi) is 14.3. The van der Waals surface area contributed by atoms with Gasteiger partial charge in [-0.25, -0.2) is 0 Å². The Morgan fingerprint density at radius 3 is 0.774 bits per heavy atom. The van der Waals surface area contributed by atoms with E-state index in [1.165, 1.54) is 21.2 Å². The third kappa shape index (κ3) is 8.56. The van der Waals surface area contributed by atoms with Crippen LogP contribution in [0, 0.1) is 0 Å². The second-order valence-corrected chi connectivity index (χ2v) is 10.3. The first-order valence-electron chi connectivity index (χ1n) is 9.21. The molecule has 1 nitrogen and oxygen atoms in total. The van der Waals surface area contributed by atoms with Crippen LogP contribution in [0.1, 0.15) is 0 Å². The van der Waals surface area contributed by atoms with Crippen LogP contribution >= 0.6 is 34.5 Å². The molecule has 0 aromatic heterocycles. The first-order chi connectivity index (χ1) is 15.4. The van der Waals surface area contributed by atoms with Crippen molar-refractivity contribution in [3.05, 3.63) is 121 Å². The van der Waals surface area contributed by atoms with Crippen molar-refractivity contribution in [1.82, 2.24) is 4.86 Å². The maximum atomic E-state index is 4.58. The van der Waals surface area contributed by atoms with E-state index >= 15 is 0 Å². The molecule has 0 aliphatic rings. The maximum Gasteiger partial charge on any atom is 0.0294 e. The van der Waals surface area contributed by atoms with Gasteiger partial charge in [0.25, 0.3) is 0 Å². The third-order valence-electron chi connectivity index (χ3n) is 4.26. The van der Waals surface area contributed by atoms with E-state index in [0.29, 0.717) is 0 Å². The molecule has 1 N–H and O–H groups in total. The van der Waals surface area contributed by atoms with Gasteiger partial charge < -0.3 is 0 Å². The summed E-state index contributed by atoms with van der Waals surface area (Å²) in [6.07, 6.45) is 0. The van der Waals surface area contributed by atoms with Gasteiger partial charge in [-0.05, 0) is 21.2 Å². The monoisotopic (exact) mass is 849 g/mol. The van der Waals surface area contributed by atoms with Gasteiger partial charge in [-0.3, -0.25) is 4.86 Å². The van der Waals surface area contributed by atoms with Gasteiger partial charge in [0.15, 0.2) is 0 Å². The number of halogens is 2. The first kappa shape index (κ1) is 27.0. The third-order valence-corrected chi connectivity index (χ3v) is 9.12. The van der Waals surface area contributed by atoms with Crippen molar-refractivity contribution < 1.29 is 40.0 Å². The zero-order chi connectivity index (χ0) is 22.3. The van der Waals surface area contributed by atoms with E-state index in [1.807, 2.05) is 0 Å². The summed E-state index contributed by atoms with van der Waals surface area (Å²) in [6, 6.07) is 43.2. The van der Waals surface area contributed by atoms with E-state index in [1.54, 1.807) is 40.0 Å². The van der Waals surface area contributed by atoms with Crippen LogP contribution in [0.15, 0.2) is 121 Å². The van der Waals surface area contributed by atoms with E-state index in [2.05, 4.69) is 145 Å². The van der Waals surface area contributed by atoms with Crippen molar-refractivity contribution in [1.29, 1.82) is 0 Å². The average Bonchev–Trinajstić information content (AvgIpc) is 2.89. The predicted octanol–water partition coefficient (Wildman–Crippen LogP) is 6.05. The topological polar surface area (TPSA) is 12.0 Å². The smallest absolute Gasteiger partial charge is 0.0294 e. The van der Waals surface area contributed by atoms with Crippen LogP contribution in [0.25, 0.3) is 0 Å². The van der Waals surface area contributed by atoms with Crippen LogP contribution in [0.3, 0.4) is 0 Å². The molecule has 0 aliphatic carbocycles. The molecule has 7 heteroatoms. The van der Waals surface area contributed by atoms with Crippen molar-refractivity contribution in [3.8, 4) is 0 Å². The number of nitrogens with one attached hydrogen (secondary N) is 1. The molecule has 0 saturated carbocycles. The summed E-state index contributed by atoms with van der Waals surface area (Å²) in [5.41, 5.74) is 0. The molecule has 4 aromatic carbocycles. The van der Waals surface area contributed by atoms with Gasteiger partial charge in [0.2, 0.25) is 0 Å². The van der Waals surface area contributed by atoms with Gasteiger partial charge >= 0.3 is 58.4 Å². The second kappa shape index (κ2) is 16.4. The predicted molar refractivity (Wildman–Crippen MR) is 133 cm³/mol. The molecule has 0 spiro atoms. The van der Waals surface area contributed by atoms with E-state index < -0.39 is 16.1 Å². The summed E-state index contributed by atoms with van der Waals surface area (Å²) >= 11 is 3.50. The molecular weight excluding hydrogens is 829 g/mol. The molecule has 0 fully saturated rings. The molecule has 0 saturated heterocycles. The van der Waals surface area contributed by atoms with E-state index in [-0.39, 0.29) is 0 Å². The maximum absolute atomic E-state index is 4.58.